The molecule has 0 spiro atoms. The first-order valence-electron chi connectivity index (χ1n) is 4.78. The Labute approximate surface area is 93.3 Å². The maximum atomic E-state index is 8.82. The van der Waals surface area contributed by atoms with Gasteiger partial charge in [0.15, 0.2) is 0 Å². The van der Waals surface area contributed by atoms with Crippen molar-refractivity contribution < 1.29 is 4.74 Å². The van der Waals surface area contributed by atoms with E-state index in [-0.39, 0.29) is 0 Å². The van der Waals surface area contributed by atoms with Crippen LogP contribution in [-0.2, 0) is 0 Å². The van der Waals surface area contributed by atoms with Crippen molar-refractivity contribution in [2.75, 3.05) is 12.8 Å². The fourth-order valence-corrected chi connectivity index (χ4v) is 1.58. The van der Waals surface area contributed by atoms with Crippen molar-refractivity contribution in [3.63, 3.8) is 0 Å². The number of aromatic amines is 1. The summed E-state index contributed by atoms with van der Waals surface area (Å²) in [6.45, 7) is 0. The highest BCUT2D eigenvalue weighted by molar-refractivity contribution is 5.72. The van der Waals surface area contributed by atoms with Crippen molar-refractivity contribution >= 4 is 5.82 Å². The molecule has 4 nitrogen and oxygen atoms in total. The second kappa shape index (κ2) is 3.99. The van der Waals surface area contributed by atoms with E-state index in [0.717, 1.165) is 17.0 Å². The van der Waals surface area contributed by atoms with Crippen molar-refractivity contribution in [1.29, 1.82) is 5.26 Å². The molecule has 0 saturated heterocycles. The van der Waals surface area contributed by atoms with Crippen molar-refractivity contribution in [2.24, 2.45) is 0 Å². The molecule has 0 radical (unpaired) electrons. The molecule has 0 aliphatic heterocycles. The topological polar surface area (TPSA) is 74.8 Å². The molecule has 80 valence electrons. The van der Waals surface area contributed by atoms with Gasteiger partial charge in [0.1, 0.15) is 17.6 Å². The van der Waals surface area contributed by atoms with E-state index in [1.54, 1.807) is 13.2 Å². The van der Waals surface area contributed by atoms with Gasteiger partial charge >= 0.3 is 0 Å². The smallest absolute Gasteiger partial charge is 0.128 e. The lowest BCUT2D eigenvalue weighted by molar-refractivity contribution is 0.416. The highest BCUT2D eigenvalue weighted by atomic mass is 16.5. The van der Waals surface area contributed by atoms with E-state index in [4.69, 9.17) is 15.7 Å². The van der Waals surface area contributed by atoms with E-state index < -0.39 is 0 Å². The second-order valence-corrected chi connectivity index (χ2v) is 3.32. The first-order valence-corrected chi connectivity index (χ1v) is 4.78. The van der Waals surface area contributed by atoms with Crippen LogP contribution in [0.25, 0.3) is 11.3 Å². The summed E-state index contributed by atoms with van der Waals surface area (Å²) in [5.74, 6) is 1.12. The van der Waals surface area contributed by atoms with Crippen LogP contribution >= 0.6 is 0 Å². The van der Waals surface area contributed by atoms with Gasteiger partial charge in [0.25, 0.3) is 0 Å². The SMILES string of the molecule is COc1ccccc1-c1cc(C#N)c(N)[nH]1. The van der Waals surface area contributed by atoms with Crippen LogP contribution in [0, 0.1) is 11.3 Å². The number of H-pyrrole nitrogens is 1. The molecule has 3 N–H and O–H groups in total. The molecule has 0 fully saturated rings. The number of nitrogens with two attached hydrogens (primary N) is 1. The van der Waals surface area contributed by atoms with Crippen LogP contribution < -0.4 is 10.5 Å². The lowest BCUT2D eigenvalue weighted by Crippen LogP contribution is -1.89. The zero-order valence-electron chi connectivity index (χ0n) is 8.82. The highest BCUT2D eigenvalue weighted by Gasteiger charge is 2.10. The predicted octanol–water partition coefficient (Wildman–Crippen LogP) is 2.14. The Kier molecular flexibility index (Phi) is 2.52. The van der Waals surface area contributed by atoms with E-state index in [0.29, 0.717) is 11.4 Å². The maximum absolute atomic E-state index is 8.82. The van der Waals surface area contributed by atoms with Gasteiger partial charge in [0.05, 0.1) is 18.4 Å². The normalized spacial score (nSPS) is 9.75. The Hall–Kier alpha value is -2.41. The number of rotatable bonds is 2. The summed E-state index contributed by atoms with van der Waals surface area (Å²) in [7, 11) is 1.61. The summed E-state index contributed by atoms with van der Waals surface area (Å²) in [6, 6.07) is 11.3. The number of nitrogen functional groups attached to an aromatic ring is 1. The largest absolute Gasteiger partial charge is 0.496 e. The summed E-state index contributed by atoms with van der Waals surface area (Å²) in [5, 5.41) is 8.82. The molecule has 4 heteroatoms. The number of methoxy groups -OCH3 is 1. The maximum Gasteiger partial charge on any atom is 0.128 e. The van der Waals surface area contributed by atoms with Crippen molar-refractivity contribution in [3.8, 4) is 23.1 Å². The molecule has 1 heterocycles. The number of anilines is 1. The Balaban J connectivity index is 2.55. The van der Waals surface area contributed by atoms with Gasteiger partial charge in [-0.25, -0.2) is 0 Å². The number of nitriles is 1. The third-order valence-corrected chi connectivity index (χ3v) is 2.37. The minimum atomic E-state index is 0.378. The molecule has 0 saturated carbocycles. The minimum absolute atomic E-state index is 0.378. The van der Waals surface area contributed by atoms with E-state index in [2.05, 4.69) is 4.98 Å². The standard InChI is InChI=1S/C12H11N3O/c1-16-11-5-3-2-4-9(11)10-6-8(7-13)12(14)15-10/h2-6,15H,14H2,1H3. The number of nitrogens with one attached hydrogen (secondary N) is 1. The summed E-state index contributed by atoms with van der Waals surface area (Å²) >= 11 is 0. The molecule has 0 amide bonds. The monoisotopic (exact) mass is 213 g/mol. The number of nitrogens with zero attached hydrogens (tertiary/aromatic N) is 1. The molecule has 1 aromatic carbocycles. The Morgan fingerprint density at radius 2 is 2.12 bits per heavy atom. The zero-order chi connectivity index (χ0) is 11.5. The van der Waals surface area contributed by atoms with Gasteiger partial charge in [-0.05, 0) is 18.2 Å². The van der Waals surface area contributed by atoms with E-state index in [1.165, 1.54) is 0 Å². The third-order valence-electron chi connectivity index (χ3n) is 2.37. The Morgan fingerprint density at radius 3 is 2.75 bits per heavy atom. The second-order valence-electron chi connectivity index (χ2n) is 3.32. The van der Waals surface area contributed by atoms with Gasteiger partial charge in [0.2, 0.25) is 0 Å². The quantitative estimate of drug-likeness (QED) is 0.802. The number of benzene rings is 1. The van der Waals surface area contributed by atoms with Gasteiger partial charge < -0.3 is 15.5 Å². The number of ether oxygens (including phenoxy) is 1. The average Bonchev–Trinajstić information content (AvgIpc) is 2.70. The lowest BCUT2D eigenvalue weighted by atomic mass is 10.1. The fraction of sp³-hybridized carbons (Fsp3) is 0.0833. The average molecular weight is 213 g/mol. The fourth-order valence-electron chi connectivity index (χ4n) is 1.58. The van der Waals surface area contributed by atoms with E-state index in [9.17, 15) is 0 Å². The lowest BCUT2D eigenvalue weighted by Gasteiger charge is -2.05. The number of hydrogen-bond donors (Lipinski definition) is 2. The van der Waals surface area contributed by atoms with Crippen LogP contribution in [0.1, 0.15) is 5.56 Å². The van der Waals surface area contributed by atoms with Crippen LogP contribution in [-0.4, -0.2) is 12.1 Å². The summed E-state index contributed by atoms with van der Waals surface area (Å²) in [5.41, 5.74) is 7.78. The molecule has 16 heavy (non-hydrogen) atoms. The highest BCUT2D eigenvalue weighted by Crippen LogP contribution is 2.30. The molecular formula is C12H11N3O. The van der Waals surface area contributed by atoms with Crippen LogP contribution in [0.3, 0.4) is 0 Å². The minimum Gasteiger partial charge on any atom is -0.496 e. The van der Waals surface area contributed by atoms with Crippen molar-refractivity contribution in [3.05, 3.63) is 35.9 Å². The Bertz CT molecular complexity index is 552. The number of hydrogen-bond acceptors (Lipinski definition) is 3. The van der Waals surface area contributed by atoms with E-state index >= 15 is 0 Å². The molecule has 0 bridgehead atoms. The summed E-state index contributed by atoms with van der Waals surface area (Å²) < 4.78 is 5.24. The Morgan fingerprint density at radius 1 is 1.38 bits per heavy atom. The molecule has 2 aromatic rings. The van der Waals surface area contributed by atoms with E-state index in [1.807, 2.05) is 30.3 Å². The predicted molar refractivity (Wildman–Crippen MR) is 61.9 cm³/mol. The van der Waals surface area contributed by atoms with Crippen molar-refractivity contribution in [2.45, 2.75) is 0 Å². The molecule has 0 aliphatic carbocycles. The van der Waals surface area contributed by atoms with Crippen LogP contribution in [0.5, 0.6) is 5.75 Å². The van der Waals surface area contributed by atoms with Crippen LogP contribution in [0.4, 0.5) is 5.82 Å². The van der Waals surface area contributed by atoms with Gasteiger partial charge in [-0.2, -0.15) is 5.26 Å². The van der Waals surface area contributed by atoms with Gasteiger partial charge in [0, 0.05) is 5.56 Å². The van der Waals surface area contributed by atoms with Crippen LogP contribution in [0.2, 0.25) is 0 Å². The van der Waals surface area contributed by atoms with Gasteiger partial charge in [-0.3, -0.25) is 0 Å². The first-order chi connectivity index (χ1) is 7.76. The first kappa shape index (κ1) is 10.1. The molecule has 0 aliphatic rings. The summed E-state index contributed by atoms with van der Waals surface area (Å²) in [4.78, 5) is 2.96. The number of para-hydroxylation sites is 1. The molecule has 0 atom stereocenters. The zero-order valence-corrected chi connectivity index (χ0v) is 8.82. The van der Waals surface area contributed by atoms with Crippen molar-refractivity contribution in [1.82, 2.24) is 4.98 Å². The molecule has 2 rings (SSSR count). The molecular weight excluding hydrogens is 202 g/mol. The number of aromatic nitrogens is 1. The third kappa shape index (κ3) is 1.59. The van der Waals surface area contributed by atoms with Gasteiger partial charge in [-0.15, -0.1) is 0 Å². The van der Waals surface area contributed by atoms with Crippen LogP contribution in [0.15, 0.2) is 30.3 Å². The molecule has 1 aromatic heterocycles. The summed E-state index contributed by atoms with van der Waals surface area (Å²) in [6.07, 6.45) is 0. The van der Waals surface area contributed by atoms with Gasteiger partial charge in [-0.1, -0.05) is 12.1 Å². The molecule has 0 unspecified atom stereocenters.